The quantitative estimate of drug-likeness (QED) is 0.767. The Morgan fingerprint density at radius 3 is 2.47 bits per heavy atom. The number of hydrogen-bond acceptors (Lipinski definition) is 2. The van der Waals surface area contributed by atoms with Crippen molar-refractivity contribution in [3.05, 3.63) is 0 Å². The topological polar surface area (TPSA) is 15.3 Å². The van der Waals surface area contributed by atoms with Gasteiger partial charge in [0.1, 0.15) is 0 Å². The molecule has 0 radical (unpaired) electrons. The summed E-state index contributed by atoms with van der Waals surface area (Å²) in [7, 11) is 2.29. The molecule has 0 heterocycles. The number of nitrogens with one attached hydrogen (secondary N) is 1. The average Bonchev–Trinajstić information content (AvgIpc) is 2.35. The largest absolute Gasteiger partial charge is 0.312 e. The van der Waals surface area contributed by atoms with Crippen LogP contribution in [0.4, 0.5) is 0 Å². The van der Waals surface area contributed by atoms with Crippen molar-refractivity contribution in [1.29, 1.82) is 0 Å². The zero-order chi connectivity index (χ0) is 12.8. The number of rotatable bonds is 6. The second-order valence-corrected chi connectivity index (χ2v) is 6.02. The molecule has 1 fully saturated rings. The minimum atomic E-state index is 0.717. The highest BCUT2D eigenvalue weighted by molar-refractivity contribution is 4.90. The Bertz CT molecular complexity index is 203. The molecule has 0 spiro atoms. The summed E-state index contributed by atoms with van der Waals surface area (Å²) in [6.45, 7) is 11.6. The van der Waals surface area contributed by atoms with Crippen LogP contribution in [0.3, 0.4) is 0 Å². The number of hydrogen-bond donors (Lipinski definition) is 1. The van der Waals surface area contributed by atoms with Crippen molar-refractivity contribution in [2.75, 3.05) is 20.1 Å². The second-order valence-electron chi connectivity index (χ2n) is 6.02. The van der Waals surface area contributed by atoms with Gasteiger partial charge in [-0.05, 0) is 57.7 Å². The summed E-state index contributed by atoms with van der Waals surface area (Å²) < 4.78 is 0. The molecule has 17 heavy (non-hydrogen) atoms. The first-order valence-electron chi connectivity index (χ1n) is 7.53. The van der Waals surface area contributed by atoms with Crippen LogP contribution in [0.5, 0.6) is 0 Å². The zero-order valence-electron chi connectivity index (χ0n) is 12.5. The van der Waals surface area contributed by atoms with Gasteiger partial charge in [0.2, 0.25) is 0 Å². The van der Waals surface area contributed by atoms with Crippen LogP contribution in [0.25, 0.3) is 0 Å². The smallest absolute Gasteiger partial charge is 0.0248 e. The van der Waals surface area contributed by atoms with Gasteiger partial charge in [0, 0.05) is 12.1 Å². The minimum absolute atomic E-state index is 0.717. The summed E-state index contributed by atoms with van der Waals surface area (Å²) in [6.07, 6.45) is 5.39. The van der Waals surface area contributed by atoms with Crippen molar-refractivity contribution < 1.29 is 0 Å². The molecular formula is C15H32N2. The SMILES string of the molecule is CCCNC1CCC(C(C)C)CC1N(C)CC. The van der Waals surface area contributed by atoms with E-state index in [1.807, 2.05) is 0 Å². The lowest BCUT2D eigenvalue weighted by molar-refractivity contribution is 0.106. The lowest BCUT2D eigenvalue weighted by atomic mass is 9.76. The third kappa shape index (κ3) is 4.26. The molecule has 2 nitrogen and oxygen atoms in total. The van der Waals surface area contributed by atoms with Gasteiger partial charge >= 0.3 is 0 Å². The van der Waals surface area contributed by atoms with E-state index in [0.29, 0.717) is 0 Å². The first-order valence-corrected chi connectivity index (χ1v) is 7.53. The molecule has 3 unspecified atom stereocenters. The fourth-order valence-corrected chi connectivity index (χ4v) is 3.07. The van der Waals surface area contributed by atoms with E-state index in [-0.39, 0.29) is 0 Å². The molecule has 0 aromatic carbocycles. The molecular weight excluding hydrogens is 208 g/mol. The van der Waals surface area contributed by atoms with Crippen molar-refractivity contribution in [2.45, 2.75) is 65.5 Å². The van der Waals surface area contributed by atoms with E-state index in [0.717, 1.165) is 23.9 Å². The highest BCUT2D eigenvalue weighted by atomic mass is 15.2. The standard InChI is InChI=1S/C15H32N2/c1-6-10-16-14-9-8-13(12(3)4)11-15(14)17(5)7-2/h12-16H,6-11H2,1-5H3. The van der Waals surface area contributed by atoms with Crippen LogP contribution in [-0.2, 0) is 0 Å². The maximum atomic E-state index is 3.75. The molecule has 102 valence electrons. The third-order valence-corrected chi connectivity index (χ3v) is 4.52. The van der Waals surface area contributed by atoms with Crippen molar-refractivity contribution in [3.8, 4) is 0 Å². The minimum Gasteiger partial charge on any atom is -0.312 e. The van der Waals surface area contributed by atoms with E-state index in [1.165, 1.54) is 38.8 Å². The molecule has 1 aliphatic carbocycles. The van der Waals surface area contributed by atoms with Gasteiger partial charge in [-0.2, -0.15) is 0 Å². The molecule has 3 atom stereocenters. The molecule has 0 bridgehead atoms. The van der Waals surface area contributed by atoms with Crippen LogP contribution < -0.4 is 5.32 Å². The number of likely N-dealkylation sites (N-methyl/N-ethyl adjacent to an activating group) is 1. The molecule has 2 heteroatoms. The lowest BCUT2D eigenvalue weighted by Gasteiger charge is -2.42. The summed E-state index contributed by atoms with van der Waals surface area (Å²) in [5, 5.41) is 3.75. The maximum Gasteiger partial charge on any atom is 0.0248 e. The van der Waals surface area contributed by atoms with Crippen LogP contribution in [-0.4, -0.2) is 37.1 Å². The fourth-order valence-electron chi connectivity index (χ4n) is 3.07. The van der Waals surface area contributed by atoms with Crippen molar-refractivity contribution in [2.24, 2.45) is 11.8 Å². The monoisotopic (exact) mass is 240 g/mol. The van der Waals surface area contributed by atoms with E-state index in [9.17, 15) is 0 Å². The first kappa shape index (κ1) is 15.0. The van der Waals surface area contributed by atoms with Gasteiger partial charge < -0.3 is 10.2 Å². The van der Waals surface area contributed by atoms with Crippen molar-refractivity contribution >= 4 is 0 Å². The number of nitrogens with zero attached hydrogens (tertiary/aromatic N) is 1. The van der Waals surface area contributed by atoms with E-state index in [4.69, 9.17) is 0 Å². The highest BCUT2D eigenvalue weighted by Crippen LogP contribution is 2.32. The molecule has 1 saturated carbocycles. The van der Waals surface area contributed by atoms with Gasteiger partial charge in [-0.3, -0.25) is 0 Å². The van der Waals surface area contributed by atoms with Gasteiger partial charge in [0.05, 0.1) is 0 Å². The van der Waals surface area contributed by atoms with Gasteiger partial charge in [-0.25, -0.2) is 0 Å². The summed E-state index contributed by atoms with van der Waals surface area (Å²) >= 11 is 0. The molecule has 1 N–H and O–H groups in total. The molecule has 0 aromatic heterocycles. The van der Waals surface area contributed by atoms with E-state index in [1.54, 1.807) is 0 Å². The Morgan fingerprint density at radius 2 is 1.94 bits per heavy atom. The second kappa shape index (κ2) is 7.38. The first-order chi connectivity index (χ1) is 8.10. The molecule has 1 aliphatic rings. The third-order valence-electron chi connectivity index (χ3n) is 4.52. The summed E-state index contributed by atoms with van der Waals surface area (Å²) in [4.78, 5) is 2.54. The van der Waals surface area contributed by atoms with Gasteiger partial charge in [-0.15, -0.1) is 0 Å². The summed E-state index contributed by atoms with van der Waals surface area (Å²) in [5.41, 5.74) is 0. The average molecular weight is 240 g/mol. The predicted octanol–water partition coefficient (Wildman–Crippen LogP) is 3.13. The van der Waals surface area contributed by atoms with Crippen LogP contribution in [0.1, 0.15) is 53.4 Å². The Morgan fingerprint density at radius 1 is 1.24 bits per heavy atom. The van der Waals surface area contributed by atoms with Crippen molar-refractivity contribution in [3.63, 3.8) is 0 Å². The molecule has 1 rings (SSSR count). The molecule has 0 aromatic rings. The van der Waals surface area contributed by atoms with Crippen LogP contribution in [0.15, 0.2) is 0 Å². The van der Waals surface area contributed by atoms with Crippen LogP contribution in [0, 0.1) is 11.8 Å². The summed E-state index contributed by atoms with van der Waals surface area (Å²) in [6, 6.07) is 1.46. The summed E-state index contributed by atoms with van der Waals surface area (Å²) in [5.74, 6) is 1.77. The van der Waals surface area contributed by atoms with E-state index >= 15 is 0 Å². The van der Waals surface area contributed by atoms with E-state index in [2.05, 4.69) is 45.0 Å². The Labute approximate surface area is 108 Å². The lowest BCUT2D eigenvalue weighted by Crippen LogP contribution is -2.52. The van der Waals surface area contributed by atoms with Crippen LogP contribution in [0.2, 0.25) is 0 Å². The van der Waals surface area contributed by atoms with Crippen LogP contribution >= 0.6 is 0 Å². The Balaban J connectivity index is 2.58. The highest BCUT2D eigenvalue weighted by Gasteiger charge is 2.33. The Kier molecular flexibility index (Phi) is 6.50. The molecule has 0 aliphatic heterocycles. The molecule has 0 saturated heterocycles. The van der Waals surface area contributed by atoms with Crippen molar-refractivity contribution in [1.82, 2.24) is 10.2 Å². The Hall–Kier alpha value is -0.0800. The maximum absolute atomic E-state index is 3.75. The van der Waals surface area contributed by atoms with Gasteiger partial charge in [-0.1, -0.05) is 27.7 Å². The van der Waals surface area contributed by atoms with Gasteiger partial charge in [0.15, 0.2) is 0 Å². The predicted molar refractivity (Wildman–Crippen MR) is 76.4 cm³/mol. The normalized spacial score (nSPS) is 30.2. The molecule has 0 amide bonds. The van der Waals surface area contributed by atoms with E-state index < -0.39 is 0 Å². The van der Waals surface area contributed by atoms with Gasteiger partial charge in [0.25, 0.3) is 0 Å². The fraction of sp³-hybridized carbons (Fsp3) is 1.00. The zero-order valence-corrected chi connectivity index (χ0v) is 12.5.